The molecule has 0 saturated carbocycles. The van der Waals surface area contributed by atoms with Crippen molar-refractivity contribution in [1.29, 1.82) is 0 Å². The van der Waals surface area contributed by atoms with Gasteiger partial charge in [-0.25, -0.2) is 14.3 Å². The zero-order chi connectivity index (χ0) is 29.4. The average Bonchev–Trinajstić information content (AvgIpc) is 3.28. The molecule has 0 unspecified atom stereocenters. The summed E-state index contributed by atoms with van der Waals surface area (Å²) in [5, 5.41) is 3.72. The predicted octanol–water partition coefficient (Wildman–Crippen LogP) is 4.00. The Morgan fingerprint density at radius 1 is 1.05 bits per heavy atom. The van der Waals surface area contributed by atoms with Crippen LogP contribution in [0.4, 0.5) is 17.3 Å². The molecule has 0 bridgehead atoms. The number of nitrogens with one attached hydrogen (secondary N) is 1. The van der Waals surface area contributed by atoms with Crippen LogP contribution in [0, 0.1) is 5.41 Å². The molecule has 0 amide bonds. The number of hydrogen-bond acceptors (Lipinski definition) is 9. The van der Waals surface area contributed by atoms with Crippen LogP contribution in [-0.2, 0) is 11.3 Å². The fourth-order valence-corrected chi connectivity index (χ4v) is 6.37. The molecular formula is C32H38N8O3. The molecule has 1 spiro atoms. The van der Waals surface area contributed by atoms with Crippen LogP contribution in [0.3, 0.4) is 0 Å². The summed E-state index contributed by atoms with van der Waals surface area (Å²) < 4.78 is 14.4. The van der Waals surface area contributed by atoms with Gasteiger partial charge >= 0.3 is 0 Å². The summed E-state index contributed by atoms with van der Waals surface area (Å²) in [5.41, 5.74) is 2.88. The number of nitrogens with zero attached hydrogens (tertiary/aromatic N) is 7. The highest BCUT2D eigenvalue weighted by atomic mass is 16.6. The van der Waals surface area contributed by atoms with E-state index in [1.807, 2.05) is 12.1 Å². The largest absolute Gasteiger partial charge is 0.469 e. The van der Waals surface area contributed by atoms with Gasteiger partial charge in [0.1, 0.15) is 11.5 Å². The Morgan fingerprint density at radius 2 is 1.79 bits per heavy atom. The monoisotopic (exact) mass is 582 g/mol. The van der Waals surface area contributed by atoms with Gasteiger partial charge in [-0.3, -0.25) is 4.79 Å². The molecule has 3 fully saturated rings. The number of fused-ring (bicyclic) bond motifs is 1. The number of rotatable bonds is 8. The molecule has 11 nitrogen and oxygen atoms in total. The zero-order valence-electron chi connectivity index (χ0n) is 24.6. The van der Waals surface area contributed by atoms with E-state index in [4.69, 9.17) is 14.5 Å². The smallest absolute Gasteiger partial charge is 0.278 e. The number of pyridine rings is 1. The maximum absolute atomic E-state index is 13.3. The Balaban J connectivity index is 1.11. The molecule has 7 rings (SSSR count). The van der Waals surface area contributed by atoms with Crippen LogP contribution in [0.5, 0.6) is 5.88 Å². The number of anilines is 3. The highest BCUT2D eigenvalue weighted by Crippen LogP contribution is 2.42. The van der Waals surface area contributed by atoms with Gasteiger partial charge in [0.2, 0.25) is 11.8 Å². The SMILES string of the molecule is C=CCn1c(=O)c2cnc(Nc3ccc(N4CCC5(CCN(C)CC5)CC4)cc3)nc2n1-c1cccc(OC2COC2)n1. The molecule has 0 atom stereocenters. The molecular weight excluding hydrogens is 544 g/mol. The standard InChI is InChI=1S/C32H38N8O3/c1-3-15-39-30(41)26-20-33-31(36-29(26)40(39)27-5-4-6-28(35-27)43-25-21-42-22-25)34-23-7-9-24(10-8-23)38-18-13-32(14-19-38)11-16-37(2)17-12-32/h3-10,20,25H,1,11-19,21-22H2,2H3,(H,33,34,36). The molecule has 3 aliphatic rings. The summed E-state index contributed by atoms with van der Waals surface area (Å²) in [7, 11) is 2.23. The van der Waals surface area contributed by atoms with Crippen LogP contribution in [0.25, 0.3) is 16.9 Å². The van der Waals surface area contributed by atoms with Crippen molar-refractivity contribution < 1.29 is 9.47 Å². The summed E-state index contributed by atoms with van der Waals surface area (Å²) >= 11 is 0. The lowest BCUT2D eigenvalue weighted by Gasteiger charge is -2.46. The van der Waals surface area contributed by atoms with E-state index in [2.05, 4.69) is 63.0 Å². The van der Waals surface area contributed by atoms with Gasteiger partial charge < -0.3 is 24.6 Å². The summed E-state index contributed by atoms with van der Waals surface area (Å²) in [6.45, 7) is 9.84. The Bertz CT molecular complexity index is 1660. The molecule has 3 aliphatic heterocycles. The van der Waals surface area contributed by atoms with Crippen LogP contribution in [0.1, 0.15) is 25.7 Å². The first-order valence-electron chi connectivity index (χ1n) is 15.1. The van der Waals surface area contributed by atoms with E-state index in [-0.39, 0.29) is 18.2 Å². The molecule has 1 N–H and O–H groups in total. The van der Waals surface area contributed by atoms with E-state index in [9.17, 15) is 4.79 Å². The molecule has 1 aromatic carbocycles. The number of aromatic nitrogens is 5. The molecule has 11 heteroatoms. The van der Waals surface area contributed by atoms with Crippen molar-refractivity contribution in [3.05, 3.63) is 71.7 Å². The number of piperidine rings is 2. The zero-order valence-corrected chi connectivity index (χ0v) is 24.6. The lowest BCUT2D eigenvalue weighted by atomic mass is 9.71. The van der Waals surface area contributed by atoms with Crippen LogP contribution < -0.4 is 20.5 Å². The Hall–Kier alpha value is -4.22. The first-order valence-corrected chi connectivity index (χ1v) is 15.1. The van der Waals surface area contributed by atoms with E-state index < -0.39 is 0 Å². The van der Waals surface area contributed by atoms with Gasteiger partial charge in [0, 0.05) is 36.7 Å². The minimum atomic E-state index is -0.213. The van der Waals surface area contributed by atoms with Gasteiger partial charge in [0.05, 0.1) is 19.8 Å². The van der Waals surface area contributed by atoms with Gasteiger partial charge in [-0.2, -0.15) is 9.97 Å². The number of benzene rings is 1. The Morgan fingerprint density at radius 3 is 2.49 bits per heavy atom. The third-order valence-corrected chi connectivity index (χ3v) is 9.16. The van der Waals surface area contributed by atoms with Crippen molar-refractivity contribution in [2.75, 3.05) is 56.7 Å². The number of ether oxygens (including phenoxy) is 2. The highest BCUT2D eigenvalue weighted by molar-refractivity contribution is 5.77. The van der Waals surface area contributed by atoms with E-state index in [1.54, 1.807) is 27.7 Å². The lowest BCUT2D eigenvalue weighted by Crippen LogP contribution is -2.46. The molecule has 3 aromatic heterocycles. The van der Waals surface area contributed by atoms with Crippen molar-refractivity contribution in [2.45, 2.75) is 38.3 Å². The molecule has 0 radical (unpaired) electrons. The molecule has 4 aromatic rings. The molecule has 3 saturated heterocycles. The molecule has 43 heavy (non-hydrogen) atoms. The minimum Gasteiger partial charge on any atom is -0.469 e. The van der Waals surface area contributed by atoms with E-state index >= 15 is 0 Å². The first kappa shape index (κ1) is 27.6. The number of allylic oxidation sites excluding steroid dienone is 1. The van der Waals surface area contributed by atoms with Crippen LogP contribution in [-0.4, -0.2) is 81.8 Å². The van der Waals surface area contributed by atoms with Gasteiger partial charge in [0.15, 0.2) is 11.5 Å². The summed E-state index contributed by atoms with van der Waals surface area (Å²) in [6.07, 6.45) is 8.39. The van der Waals surface area contributed by atoms with Crippen LogP contribution >= 0.6 is 0 Å². The topological polar surface area (TPSA) is 103 Å². The fourth-order valence-electron chi connectivity index (χ4n) is 6.37. The van der Waals surface area contributed by atoms with Crippen LogP contribution in [0.2, 0.25) is 0 Å². The van der Waals surface area contributed by atoms with Gasteiger partial charge in [-0.15, -0.1) is 6.58 Å². The maximum atomic E-state index is 13.3. The van der Waals surface area contributed by atoms with Crippen molar-refractivity contribution in [3.63, 3.8) is 0 Å². The van der Waals surface area contributed by atoms with Crippen molar-refractivity contribution in [1.82, 2.24) is 29.2 Å². The summed E-state index contributed by atoms with van der Waals surface area (Å²) in [4.78, 5) is 32.2. The molecule has 224 valence electrons. The van der Waals surface area contributed by atoms with E-state index in [0.29, 0.717) is 47.3 Å². The van der Waals surface area contributed by atoms with E-state index in [1.165, 1.54) is 44.5 Å². The second-order valence-electron chi connectivity index (χ2n) is 12.0. The third kappa shape index (κ3) is 5.50. The Kier molecular flexibility index (Phi) is 7.36. The van der Waals surface area contributed by atoms with E-state index in [0.717, 1.165) is 18.8 Å². The summed E-state index contributed by atoms with van der Waals surface area (Å²) in [5.74, 6) is 1.38. The van der Waals surface area contributed by atoms with Gasteiger partial charge in [0.25, 0.3) is 5.56 Å². The number of likely N-dealkylation sites (tertiary alicyclic amines) is 1. The normalized spacial score (nSPS) is 19.0. The first-order chi connectivity index (χ1) is 21.0. The van der Waals surface area contributed by atoms with Crippen LogP contribution in [0.15, 0.2) is 66.1 Å². The molecule has 6 heterocycles. The quantitative estimate of drug-likeness (QED) is 0.309. The third-order valence-electron chi connectivity index (χ3n) is 9.16. The van der Waals surface area contributed by atoms with Gasteiger partial charge in [-0.05, 0) is 81.6 Å². The maximum Gasteiger partial charge on any atom is 0.278 e. The lowest BCUT2D eigenvalue weighted by molar-refractivity contribution is -0.0813. The Labute approximate surface area is 250 Å². The second kappa shape index (κ2) is 11.5. The molecule has 0 aliphatic carbocycles. The highest BCUT2D eigenvalue weighted by Gasteiger charge is 2.36. The van der Waals surface area contributed by atoms with Crippen molar-refractivity contribution in [3.8, 4) is 11.7 Å². The van der Waals surface area contributed by atoms with Gasteiger partial charge in [-0.1, -0.05) is 12.1 Å². The van der Waals surface area contributed by atoms with Crippen molar-refractivity contribution in [2.24, 2.45) is 5.41 Å². The average molecular weight is 583 g/mol. The summed E-state index contributed by atoms with van der Waals surface area (Å²) in [6, 6.07) is 13.9. The fraction of sp³-hybridized carbons (Fsp3) is 0.438. The second-order valence-corrected chi connectivity index (χ2v) is 12.0. The minimum absolute atomic E-state index is 0.0187. The number of hydrogen-bond donors (Lipinski definition) is 1. The van der Waals surface area contributed by atoms with Crippen molar-refractivity contribution >= 4 is 28.4 Å². The predicted molar refractivity (Wildman–Crippen MR) is 167 cm³/mol.